The summed E-state index contributed by atoms with van der Waals surface area (Å²) in [6, 6.07) is 5.55. The second kappa shape index (κ2) is 5.83. The summed E-state index contributed by atoms with van der Waals surface area (Å²) in [4.78, 5) is 1.46. The first-order valence-electron chi connectivity index (χ1n) is 6.57. The van der Waals surface area contributed by atoms with E-state index in [1.54, 1.807) is 0 Å². The monoisotopic (exact) mass is 237 g/mol. The quantitative estimate of drug-likeness (QED) is 0.820. The van der Waals surface area contributed by atoms with E-state index in [4.69, 9.17) is 0 Å². The van der Waals surface area contributed by atoms with Gasteiger partial charge in [0.15, 0.2) is 0 Å². The van der Waals surface area contributed by atoms with Crippen molar-refractivity contribution in [3.63, 3.8) is 0 Å². The van der Waals surface area contributed by atoms with Crippen molar-refractivity contribution in [1.82, 2.24) is 5.32 Å². The van der Waals surface area contributed by atoms with Gasteiger partial charge >= 0.3 is 0 Å². The van der Waals surface area contributed by atoms with E-state index in [0.29, 0.717) is 12.1 Å². The van der Waals surface area contributed by atoms with Crippen molar-refractivity contribution >= 4 is 11.3 Å². The molecule has 0 saturated heterocycles. The molecule has 0 bridgehead atoms. The van der Waals surface area contributed by atoms with Crippen molar-refractivity contribution in [2.75, 3.05) is 0 Å². The van der Waals surface area contributed by atoms with Crippen LogP contribution in [0.3, 0.4) is 0 Å². The highest BCUT2D eigenvalue weighted by Gasteiger charge is 2.21. The van der Waals surface area contributed by atoms with E-state index in [-0.39, 0.29) is 0 Å². The van der Waals surface area contributed by atoms with Crippen molar-refractivity contribution in [3.8, 4) is 0 Å². The van der Waals surface area contributed by atoms with Crippen LogP contribution in [0.2, 0.25) is 0 Å². The van der Waals surface area contributed by atoms with Crippen LogP contribution in [0.15, 0.2) is 17.5 Å². The van der Waals surface area contributed by atoms with Crippen LogP contribution in [0, 0.1) is 5.92 Å². The SMILES string of the molecule is CC(N[C@H](C)c1cccs1)C1CCCCC1. The Labute approximate surface area is 103 Å². The minimum atomic E-state index is 0.511. The molecule has 1 unspecified atom stereocenters. The first-order valence-corrected chi connectivity index (χ1v) is 7.45. The molecular formula is C14H23NS. The molecule has 1 fully saturated rings. The van der Waals surface area contributed by atoms with E-state index < -0.39 is 0 Å². The molecule has 16 heavy (non-hydrogen) atoms. The summed E-state index contributed by atoms with van der Waals surface area (Å²) in [5.74, 6) is 0.899. The van der Waals surface area contributed by atoms with Gasteiger partial charge in [-0.1, -0.05) is 25.3 Å². The van der Waals surface area contributed by atoms with Gasteiger partial charge in [-0.3, -0.25) is 0 Å². The molecule has 1 nitrogen and oxygen atoms in total. The zero-order valence-electron chi connectivity index (χ0n) is 10.4. The molecule has 1 aliphatic rings. The van der Waals surface area contributed by atoms with Crippen LogP contribution in [0.4, 0.5) is 0 Å². The molecule has 1 aromatic rings. The molecule has 2 atom stereocenters. The van der Waals surface area contributed by atoms with Gasteiger partial charge in [0.05, 0.1) is 0 Å². The number of thiophene rings is 1. The predicted molar refractivity (Wildman–Crippen MR) is 71.9 cm³/mol. The fraction of sp³-hybridized carbons (Fsp3) is 0.714. The third-order valence-electron chi connectivity index (χ3n) is 3.84. The Morgan fingerprint density at radius 1 is 1.25 bits per heavy atom. The molecule has 2 heteroatoms. The molecular weight excluding hydrogens is 214 g/mol. The summed E-state index contributed by atoms with van der Waals surface area (Å²) < 4.78 is 0. The van der Waals surface area contributed by atoms with Crippen LogP contribution in [-0.4, -0.2) is 6.04 Å². The van der Waals surface area contributed by atoms with Crippen molar-refractivity contribution in [2.45, 2.75) is 58.0 Å². The van der Waals surface area contributed by atoms with Gasteiger partial charge in [0, 0.05) is 17.0 Å². The van der Waals surface area contributed by atoms with E-state index in [1.807, 2.05) is 11.3 Å². The lowest BCUT2D eigenvalue weighted by molar-refractivity contribution is 0.269. The predicted octanol–water partition coefficient (Wildman–Crippen LogP) is 4.37. The minimum absolute atomic E-state index is 0.511. The Morgan fingerprint density at radius 3 is 2.62 bits per heavy atom. The molecule has 1 N–H and O–H groups in total. The third kappa shape index (κ3) is 3.08. The maximum Gasteiger partial charge on any atom is 0.0388 e. The molecule has 0 amide bonds. The van der Waals surface area contributed by atoms with E-state index in [9.17, 15) is 0 Å². The van der Waals surface area contributed by atoms with Crippen molar-refractivity contribution in [2.24, 2.45) is 5.92 Å². The van der Waals surface area contributed by atoms with Gasteiger partial charge in [0.25, 0.3) is 0 Å². The number of rotatable bonds is 4. The van der Waals surface area contributed by atoms with Gasteiger partial charge in [0.2, 0.25) is 0 Å². The molecule has 0 radical (unpaired) electrons. The van der Waals surface area contributed by atoms with Crippen LogP contribution < -0.4 is 5.32 Å². The second-order valence-electron chi connectivity index (χ2n) is 5.09. The molecule has 0 aromatic carbocycles. The molecule has 1 aliphatic carbocycles. The number of hydrogen-bond acceptors (Lipinski definition) is 2. The van der Waals surface area contributed by atoms with E-state index in [2.05, 4.69) is 36.7 Å². The lowest BCUT2D eigenvalue weighted by Gasteiger charge is -2.30. The summed E-state index contributed by atoms with van der Waals surface area (Å²) in [6.07, 6.45) is 7.16. The van der Waals surface area contributed by atoms with Crippen LogP contribution in [0.25, 0.3) is 0 Å². The Bertz CT molecular complexity index is 288. The summed E-state index contributed by atoms with van der Waals surface area (Å²) in [7, 11) is 0. The minimum Gasteiger partial charge on any atom is -0.307 e. The van der Waals surface area contributed by atoms with E-state index >= 15 is 0 Å². The summed E-state index contributed by atoms with van der Waals surface area (Å²) >= 11 is 1.86. The molecule has 0 spiro atoms. The molecule has 1 saturated carbocycles. The Hall–Kier alpha value is -0.340. The normalized spacial score (nSPS) is 21.9. The van der Waals surface area contributed by atoms with Gasteiger partial charge < -0.3 is 5.32 Å². The number of nitrogens with one attached hydrogen (secondary N) is 1. The maximum atomic E-state index is 3.76. The van der Waals surface area contributed by atoms with Crippen molar-refractivity contribution in [3.05, 3.63) is 22.4 Å². The number of hydrogen-bond donors (Lipinski definition) is 1. The standard InChI is InChI=1S/C14H23NS/c1-11(13-7-4-3-5-8-13)15-12(2)14-9-6-10-16-14/h6,9-13,15H,3-5,7-8H2,1-2H3/t11?,12-/m1/s1. The van der Waals surface area contributed by atoms with Crippen LogP contribution >= 0.6 is 11.3 Å². The van der Waals surface area contributed by atoms with Gasteiger partial charge in [-0.25, -0.2) is 0 Å². The summed E-state index contributed by atoms with van der Waals surface area (Å²) in [5, 5.41) is 5.93. The van der Waals surface area contributed by atoms with Gasteiger partial charge in [-0.2, -0.15) is 0 Å². The molecule has 1 heterocycles. The molecule has 90 valence electrons. The highest BCUT2D eigenvalue weighted by molar-refractivity contribution is 7.10. The van der Waals surface area contributed by atoms with Crippen molar-refractivity contribution in [1.29, 1.82) is 0 Å². The zero-order chi connectivity index (χ0) is 11.4. The van der Waals surface area contributed by atoms with E-state index in [1.165, 1.54) is 37.0 Å². The fourth-order valence-corrected chi connectivity index (χ4v) is 3.53. The second-order valence-corrected chi connectivity index (χ2v) is 6.07. The lowest BCUT2D eigenvalue weighted by Crippen LogP contribution is -2.36. The highest BCUT2D eigenvalue weighted by atomic mass is 32.1. The first-order chi connectivity index (χ1) is 7.77. The molecule has 2 rings (SSSR count). The average molecular weight is 237 g/mol. The third-order valence-corrected chi connectivity index (χ3v) is 4.89. The van der Waals surface area contributed by atoms with Crippen molar-refractivity contribution < 1.29 is 0 Å². The van der Waals surface area contributed by atoms with Crippen LogP contribution in [0.1, 0.15) is 56.9 Å². The molecule has 1 aromatic heterocycles. The smallest absolute Gasteiger partial charge is 0.0388 e. The van der Waals surface area contributed by atoms with E-state index in [0.717, 1.165) is 5.92 Å². The summed E-state index contributed by atoms with van der Waals surface area (Å²) in [5.41, 5.74) is 0. The average Bonchev–Trinajstić information content (AvgIpc) is 2.83. The zero-order valence-corrected chi connectivity index (χ0v) is 11.2. The highest BCUT2D eigenvalue weighted by Crippen LogP contribution is 2.28. The Kier molecular flexibility index (Phi) is 4.42. The van der Waals surface area contributed by atoms with Crippen LogP contribution in [-0.2, 0) is 0 Å². The van der Waals surface area contributed by atoms with Gasteiger partial charge in [0.1, 0.15) is 0 Å². The largest absolute Gasteiger partial charge is 0.307 e. The van der Waals surface area contributed by atoms with Gasteiger partial charge in [-0.05, 0) is 44.1 Å². The van der Waals surface area contributed by atoms with Crippen LogP contribution in [0.5, 0.6) is 0 Å². The topological polar surface area (TPSA) is 12.0 Å². The van der Waals surface area contributed by atoms with Gasteiger partial charge in [-0.15, -0.1) is 11.3 Å². The maximum absolute atomic E-state index is 3.76. The Morgan fingerprint density at radius 2 is 2.00 bits per heavy atom. The lowest BCUT2D eigenvalue weighted by atomic mass is 9.84. The Balaban J connectivity index is 1.84. The summed E-state index contributed by atoms with van der Waals surface area (Å²) in [6.45, 7) is 4.64. The fourth-order valence-electron chi connectivity index (χ4n) is 2.78. The first kappa shape index (κ1) is 12.1. The molecule has 0 aliphatic heterocycles.